The summed E-state index contributed by atoms with van der Waals surface area (Å²) in [5, 5.41) is 0. The van der Waals surface area contributed by atoms with Gasteiger partial charge in [0.25, 0.3) is 0 Å². The average molecular weight is 468 g/mol. The van der Waals surface area contributed by atoms with E-state index in [4.69, 9.17) is 17.2 Å². The van der Waals surface area contributed by atoms with Gasteiger partial charge in [-0.05, 0) is 90.6 Å². The van der Waals surface area contributed by atoms with Gasteiger partial charge in [-0.1, -0.05) is 79.7 Å². The molecule has 4 aliphatic rings. The van der Waals surface area contributed by atoms with E-state index in [-0.39, 0.29) is 38.8 Å². The van der Waals surface area contributed by atoms with Crippen molar-refractivity contribution in [1.29, 1.82) is 0 Å². The molecule has 3 nitrogen and oxygen atoms in total. The van der Waals surface area contributed by atoms with E-state index in [1.807, 2.05) is 0 Å². The standard InChI is InChI=1S/C31H53N3/c1-20(2)21(3)10-11-22(4)30(33)19-18-27(7)23-13-17-31(34)26(5,6)25(32)14-15-28(31,8)24(23)12-16-29(27,30)9/h12-13,20,22,25H,3,10-11,14-19,32-34H2,1-2,4-9H3/t22-,25?,27+,28-,29?,30+,31-/m1/s1. The van der Waals surface area contributed by atoms with Crippen LogP contribution in [-0.4, -0.2) is 17.1 Å². The van der Waals surface area contributed by atoms with Gasteiger partial charge >= 0.3 is 0 Å². The molecule has 0 heterocycles. The number of hydrogen-bond donors (Lipinski definition) is 3. The van der Waals surface area contributed by atoms with E-state index in [9.17, 15) is 0 Å². The van der Waals surface area contributed by atoms with Gasteiger partial charge in [0, 0.05) is 22.5 Å². The molecule has 6 N–H and O–H groups in total. The van der Waals surface area contributed by atoms with Crippen LogP contribution in [0.15, 0.2) is 35.5 Å². The van der Waals surface area contributed by atoms with Crippen LogP contribution in [0.5, 0.6) is 0 Å². The molecule has 4 aliphatic carbocycles. The number of fused-ring (bicyclic) bond motifs is 5. The minimum atomic E-state index is -0.319. The molecule has 0 aromatic carbocycles. The molecule has 2 fully saturated rings. The Hall–Kier alpha value is -0.900. The van der Waals surface area contributed by atoms with E-state index in [1.54, 1.807) is 5.57 Å². The van der Waals surface area contributed by atoms with Crippen LogP contribution >= 0.6 is 0 Å². The quantitative estimate of drug-likeness (QED) is 0.397. The third-order valence-corrected chi connectivity index (χ3v) is 12.7. The smallest absolute Gasteiger partial charge is 0.0351 e. The highest BCUT2D eigenvalue weighted by atomic mass is 14.9. The van der Waals surface area contributed by atoms with Crippen LogP contribution < -0.4 is 17.2 Å². The Kier molecular flexibility index (Phi) is 6.00. The van der Waals surface area contributed by atoms with Crippen molar-refractivity contribution < 1.29 is 0 Å². The maximum Gasteiger partial charge on any atom is 0.0351 e. The first-order valence-corrected chi connectivity index (χ1v) is 13.9. The molecule has 2 unspecified atom stereocenters. The van der Waals surface area contributed by atoms with Crippen LogP contribution in [0.25, 0.3) is 0 Å². The summed E-state index contributed by atoms with van der Waals surface area (Å²) in [5.74, 6) is 1.01. The fourth-order valence-electron chi connectivity index (χ4n) is 8.88. The van der Waals surface area contributed by atoms with Gasteiger partial charge < -0.3 is 17.2 Å². The Morgan fingerprint density at radius 3 is 2.15 bits per heavy atom. The molecular formula is C31H53N3. The third kappa shape index (κ3) is 2.99. The van der Waals surface area contributed by atoms with Gasteiger partial charge in [-0.2, -0.15) is 0 Å². The molecular weight excluding hydrogens is 414 g/mol. The molecule has 2 saturated carbocycles. The van der Waals surface area contributed by atoms with Crippen molar-refractivity contribution in [2.45, 2.75) is 124 Å². The normalized spacial score (nSPS) is 46.2. The molecule has 34 heavy (non-hydrogen) atoms. The first kappa shape index (κ1) is 26.2. The summed E-state index contributed by atoms with van der Waals surface area (Å²) in [6, 6.07) is 0.148. The largest absolute Gasteiger partial charge is 0.327 e. The highest BCUT2D eigenvalue weighted by Crippen LogP contribution is 2.72. The monoisotopic (exact) mass is 467 g/mol. The molecule has 0 amide bonds. The second kappa shape index (κ2) is 7.80. The molecule has 0 aromatic heterocycles. The first-order chi connectivity index (χ1) is 15.5. The summed E-state index contributed by atoms with van der Waals surface area (Å²) in [7, 11) is 0. The molecule has 0 bridgehead atoms. The lowest BCUT2D eigenvalue weighted by Crippen LogP contribution is -2.72. The van der Waals surface area contributed by atoms with Crippen LogP contribution in [0, 0.1) is 33.5 Å². The van der Waals surface area contributed by atoms with E-state index in [1.165, 1.54) is 11.1 Å². The van der Waals surface area contributed by atoms with E-state index >= 15 is 0 Å². The minimum Gasteiger partial charge on any atom is -0.327 e. The van der Waals surface area contributed by atoms with Gasteiger partial charge in [0.15, 0.2) is 0 Å². The number of hydrogen-bond acceptors (Lipinski definition) is 3. The highest BCUT2D eigenvalue weighted by molar-refractivity contribution is 5.53. The van der Waals surface area contributed by atoms with Gasteiger partial charge in [0.2, 0.25) is 0 Å². The van der Waals surface area contributed by atoms with E-state index in [2.05, 4.69) is 74.1 Å². The molecule has 192 valence electrons. The Morgan fingerprint density at radius 1 is 0.941 bits per heavy atom. The summed E-state index contributed by atoms with van der Waals surface area (Å²) in [4.78, 5) is 0. The maximum absolute atomic E-state index is 7.49. The molecule has 0 aliphatic heterocycles. The summed E-state index contributed by atoms with van der Waals surface area (Å²) >= 11 is 0. The van der Waals surface area contributed by atoms with Crippen molar-refractivity contribution in [3.05, 3.63) is 35.5 Å². The van der Waals surface area contributed by atoms with Crippen molar-refractivity contribution in [2.24, 2.45) is 50.7 Å². The molecule has 4 rings (SSSR count). The second-order valence-corrected chi connectivity index (χ2v) is 14.3. The molecule has 0 radical (unpaired) electrons. The number of rotatable bonds is 5. The van der Waals surface area contributed by atoms with Gasteiger partial charge in [-0.3, -0.25) is 0 Å². The third-order valence-electron chi connectivity index (χ3n) is 12.7. The summed E-state index contributed by atoms with van der Waals surface area (Å²) in [6.07, 6.45) is 13.6. The zero-order valence-electron chi connectivity index (χ0n) is 23.5. The summed E-state index contributed by atoms with van der Waals surface area (Å²) in [5.41, 5.74) is 25.4. The lowest BCUT2D eigenvalue weighted by Gasteiger charge is -2.66. The van der Waals surface area contributed by atoms with E-state index in [0.29, 0.717) is 11.8 Å². The van der Waals surface area contributed by atoms with E-state index < -0.39 is 0 Å². The van der Waals surface area contributed by atoms with Gasteiger partial charge in [0.05, 0.1) is 0 Å². The molecule has 0 spiro atoms. The predicted octanol–water partition coefficient (Wildman–Crippen LogP) is 6.63. The van der Waals surface area contributed by atoms with Crippen LogP contribution in [0.2, 0.25) is 0 Å². The Bertz CT molecular complexity index is 927. The van der Waals surface area contributed by atoms with Gasteiger partial charge in [-0.25, -0.2) is 0 Å². The highest BCUT2D eigenvalue weighted by Gasteiger charge is 2.69. The van der Waals surface area contributed by atoms with Crippen molar-refractivity contribution in [1.82, 2.24) is 0 Å². The van der Waals surface area contributed by atoms with Gasteiger partial charge in [-0.15, -0.1) is 0 Å². The Labute approximate surface area is 210 Å². The Morgan fingerprint density at radius 2 is 1.53 bits per heavy atom. The topological polar surface area (TPSA) is 78.1 Å². The molecule has 0 saturated heterocycles. The van der Waals surface area contributed by atoms with Crippen molar-refractivity contribution in [2.75, 3.05) is 0 Å². The summed E-state index contributed by atoms with van der Waals surface area (Å²) in [6.45, 7) is 23.3. The lowest BCUT2D eigenvalue weighted by molar-refractivity contribution is -0.0332. The van der Waals surface area contributed by atoms with Crippen LogP contribution in [0.1, 0.15) is 107 Å². The van der Waals surface area contributed by atoms with Crippen LogP contribution in [0.3, 0.4) is 0 Å². The van der Waals surface area contributed by atoms with Crippen molar-refractivity contribution in [3.8, 4) is 0 Å². The van der Waals surface area contributed by atoms with Crippen molar-refractivity contribution in [3.63, 3.8) is 0 Å². The lowest BCUT2D eigenvalue weighted by atomic mass is 9.40. The zero-order chi connectivity index (χ0) is 25.5. The number of allylic oxidation sites excluding steroid dienone is 3. The molecule has 3 heteroatoms. The molecule has 0 aromatic rings. The fraction of sp³-hybridized carbons (Fsp3) is 0.806. The number of nitrogens with two attached hydrogens (primary N) is 3. The van der Waals surface area contributed by atoms with E-state index in [0.717, 1.165) is 51.4 Å². The predicted molar refractivity (Wildman–Crippen MR) is 146 cm³/mol. The molecule has 7 atom stereocenters. The van der Waals surface area contributed by atoms with Crippen LogP contribution in [-0.2, 0) is 0 Å². The fourth-order valence-corrected chi connectivity index (χ4v) is 8.88. The minimum absolute atomic E-state index is 0.0404. The average Bonchev–Trinajstić information content (AvgIpc) is 2.99. The van der Waals surface area contributed by atoms with Crippen LogP contribution in [0.4, 0.5) is 0 Å². The van der Waals surface area contributed by atoms with Gasteiger partial charge in [0.1, 0.15) is 0 Å². The summed E-state index contributed by atoms with van der Waals surface area (Å²) < 4.78 is 0. The zero-order valence-corrected chi connectivity index (χ0v) is 23.5. The SMILES string of the molecule is C=C(CC[C@@H](C)[C@@]1(N)CC[C@@]2(C)C3=CC[C@@]4(N)C(C)(C)C(N)CC[C@]4(C)C3=CCC21C)C(C)C. The van der Waals surface area contributed by atoms with Crippen molar-refractivity contribution >= 4 is 0 Å². The Balaban J connectivity index is 1.72. The maximum atomic E-state index is 7.49. The first-order valence-electron chi connectivity index (χ1n) is 13.9. The second-order valence-electron chi connectivity index (χ2n) is 14.3.